The van der Waals surface area contributed by atoms with E-state index in [1.807, 2.05) is 24.3 Å². The van der Waals surface area contributed by atoms with E-state index in [1.54, 1.807) is 6.07 Å². The number of unbranched alkanes of at least 4 members (excludes halogenated alkanes) is 6. The Morgan fingerprint density at radius 2 is 1.67 bits per heavy atom. The molecule has 0 fully saturated rings. The van der Waals surface area contributed by atoms with Gasteiger partial charge in [0.15, 0.2) is 0 Å². The first-order chi connectivity index (χ1) is 10.2. The van der Waals surface area contributed by atoms with Crippen molar-refractivity contribution in [2.75, 3.05) is 0 Å². The van der Waals surface area contributed by atoms with Crippen LogP contribution in [-0.4, -0.2) is 5.11 Å². The summed E-state index contributed by atoms with van der Waals surface area (Å²) in [7, 11) is 0. The normalized spacial score (nSPS) is 11.1. The van der Waals surface area contributed by atoms with Crippen LogP contribution in [0.25, 0.3) is 10.9 Å². The molecule has 2 aromatic rings. The van der Waals surface area contributed by atoms with Gasteiger partial charge >= 0.3 is 5.88 Å². The van der Waals surface area contributed by atoms with Crippen molar-refractivity contribution >= 4 is 10.9 Å². The van der Waals surface area contributed by atoms with Crippen LogP contribution >= 0.6 is 0 Å². The summed E-state index contributed by atoms with van der Waals surface area (Å²) in [6.07, 6.45) is 9.40. The fourth-order valence-corrected chi connectivity index (χ4v) is 2.75. The summed E-state index contributed by atoms with van der Waals surface area (Å²) >= 11 is 0. The first-order valence-electron chi connectivity index (χ1n) is 8.07. The number of hydrogen-bond donors (Lipinski definition) is 1. The first kappa shape index (κ1) is 15.6. The second kappa shape index (κ2) is 7.87. The van der Waals surface area contributed by atoms with Crippen LogP contribution in [0.2, 0.25) is 0 Å². The molecule has 0 aliphatic heterocycles. The van der Waals surface area contributed by atoms with Crippen molar-refractivity contribution in [3.8, 4) is 5.88 Å². The molecule has 0 atom stereocenters. The molecule has 21 heavy (non-hydrogen) atoms. The predicted octanol–water partition coefficient (Wildman–Crippen LogP) is 4.47. The zero-order valence-corrected chi connectivity index (χ0v) is 12.8. The van der Waals surface area contributed by atoms with Crippen molar-refractivity contribution in [2.45, 2.75) is 58.3 Å². The van der Waals surface area contributed by atoms with E-state index < -0.39 is 0 Å². The molecular formula is C18H25NO2. The van der Waals surface area contributed by atoms with Crippen LogP contribution < -0.4 is 4.73 Å². The molecule has 1 aromatic heterocycles. The van der Waals surface area contributed by atoms with Gasteiger partial charge in [-0.25, -0.2) is 0 Å². The summed E-state index contributed by atoms with van der Waals surface area (Å²) in [4.78, 5) is 0. The number of aryl methyl sites for hydroxylation is 1. The van der Waals surface area contributed by atoms with Crippen molar-refractivity contribution in [1.29, 1.82) is 0 Å². The number of para-hydroxylation sites is 1. The minimum atomic E-state index is -0.139. The number of pyridine rings is 1. The van der Waals surface area contributed by atoms with Gasteiger partial charge < -0.3 is 10.3 Å². The molecule has 3 heteroatoms. The standard InChI is InChI=1S/C18H25NO2/c1-2-3-4-5-6-7-8-12-16-14-15-11-9-10-13-17(15)19(21)18(16)20/h9-11,13-14,20H,2-8,12H2,1H3. The van der Waals surface area contributed by atoms with E-state index in [4.69, 9.17) is 0 Å². The maximum absolute atomic E-state index is 12.0. The zero-order chi connectivity index (χ0) is 15.1. The van der Waals surface area contributed by atoms with Crippen molar-refractivity contribution in [1.82, 2.24) is 0 Å². The van der Waals surface area contributed by atoms with E-state index in [0.717, 1.165) is 30.2 Å². The molecule has 0 amide bonds. The average Bonchev–Trinajstić information content (AvgIpc) is 2.51. The van der Waals surface area contributed by atoms with Gasteiger partial charge in [-0.3, -0.25) is 0 Å². The molecule has 1 heterocycles. The summed E-state index contributed by atoms with van der Waals surface area (Å²) in [5.41, 5.74) is 1.29. The predicted molar refractivity (Wildman–Crippen MR) is 86.3 cm³/mol. The van der Waals surface area contributed by atoms with E-state index >= 15 is 0 Å². The van der Waals surface area contributed by atoms with Crippen molar-refractivity contribution in [3.63, 3.8) is 0 Å². The SMILES string of the molecule is CCCCCCCCCc1cc2ccccc2[n+]([O-])c1O. The highest BCUT2D eigenvalue weighted by Crippen LogP contribution is 2.21. The Morgan fingerprint density at radius 3 is 2.43 bits per heavy atom. The highest BCUT2D eigenvalue weighted by atomic mass is 16.5. The van der Waals surface area contributed by atoms with E-state index in [0.29, 0.717) is 10.2 Å². The molecule has 114 valence electrons. The summed E-state index contributed by atoms with van der Waals surface area (Å²) in [5.74, 6) is -0.139. The second-order valence-corrected chi connectivity index (χ2v) is 5.72. The summed E-state index contributed by atoms with van der Waals surface area (Å²) < 4.78 is 0.645. The van der Waals surface area contributed by atoms with Crippen molar-refractivity contribution < 1.29 is 9.84 Å². The lowest BCUT2D eigenvalue weighted by atomic mass is 10.0. The molecule has 0 saturated heterocycles. The molecule has 1 aromatic carbocycles. The van der Waals surface area contributed by atoms with Crippen LogP contribution in [-0.2, 0) is 6.42 Å². The Labute approximate surface area is 126 Å². The Morgan fingerprint density at radius 1 is 1.00 bits per heavy atom. The molecule has 0 spiro atoms. The number of hydrogen-bond acceptors (Lipinski definition) is 2. The molecule has 0 aliphatic carbocycles. The average molecular weight is 287 g/mol. The molecule has 3 nitrogen and oxygen atoms in total. The largest absolute Gasteiger partial charge is 0.616 e. The molecule has 0 radical (unpaired) electrons. The smallest absolute Gasteiger partial charge is 0.380 e. The van der Waals surface area contributed by atoms with Gasteiger partial charge in [0.1, 0.15) is 0 Å². The van der Waals surface area contributed by atoms with Crippen LogP contribution in [0.5, 0.6) is 5.88 Å². The maximum atomic E-state index is 12.0. The van der Waals surface area contributed by atoms with Crippen molar-refractivity contribution in [3.05, 3.63) is 41.1 Å². The number of fused-ring (bicyclic) bond motifs is 1. The minimum Gasteiger partial charge on any atom is -0.616 e. The van der Waals surface area contributed by atoms with Crippen LogP contribution in [0.15, 0.2) is 30.3 Å². The Hall–Kier alpha value is -1.77. The maximum Gasteiger partial charge on any atom is 0.380 e. The lowest BCUT2D eigenvalue weighted by Crippen LogP contribution is -2.28. The van der Waals surface area contributed by atoms with Crippen LogP contribution in [0, 0.1) is 5.21 Å². The quantitative estimate of drug-likeness (QED) is 0.442. The van der Waals surface area contributed by atoms with Crippen LogP contribution in [0.4, 0.5) is 0 Å². The van der Waals surface area contributed by atoms with Gasteiger partial charge in [0.2, 0.25) is 5.52 Å². The molecule has 2 rings (SSSR count). The summed E-state index contributed by atoms with van der Waals surface area (Å²) in [6, 6.07) is 9.32. The zero-order valence-electron chi connectivity index (χ0n) is 12.8. The second-order valence-electron chi connectivity index (χ2n) is 5.72. The minimum absolute atomic E-state index is 0.139. The monoisotopic (exact) mass is 287 g/mol. The lowest BCUT2D eigenvalue weighted by Gasteiger charge is -2.08. The summed E-state index contributed by atoms with van der Waals surface area (Å²) in [6.45, 7) is 2.22. The third kappa shape index (κ3) is 4.10. The van der Waals surface area contributed by atoms with Gasteiger partial charge in [0.25, 0.3) is 0 Å². The van der Waals surface area contributed by atoms with Gasteiger partial charge in [0, 0.05) is 11.5 Å². The van der Waals surface area contributed by atoms with Gasteiger partial charge in [-0.1, -0.05) is 57.6 Å². The molecule has 0 saturated carbocycles. The Balaban J connectivity index is 1.91. The van der Waals surface area contributed by atoms with E-state index in [9.17, 15) is 10.3 Å². The topological polar surface area (TPSA) is 47.2 Å². The molecule has 0 unspecified atom stereocenters. The Kier molecular flexibility index (Phi) is 5.85. The number of nitrogens with zero attached hydrogens (tertiary/aromatic N) is 1. The van der Waals surface area contributed by atoms with Crippen LogP contribution in [0.1, 0.15) is 57.4 Å². The van der Waals surface area contributed by atoms with Gasteiger partial charge in [-0.15, -0.1) is 4.73 Å². The number of benzene rings is 1. The van der Waals surface area contributed by atoms with Gasteiger partial charge in [-0.2, -0.15) is 0 Å². The molecule has 0 aliphatic rings. The molecule has 1 N–H and O–H groups in total. The van der Waals surface area contributed by atoms with Gasteiger partial charge in [0.05, 0.1) is 5.56 Å². The number of aromatic hydroxyl groups is 1. The molecular weight excluding hydrogens is 262 g/mol. The highest BCUT2D eigenvalue weighted by Gasteiger charge is 2.15. The highest BCUT2D eigenvalue weighted by molar-refractivity contribution is 5.76. The third-order valence-electron chi connectivity index (χ3n) is 4.01. The fourth-order valence-electron chi connectivity index (χ4n) is 2.75. The van der Waals surface area contributed by atoms with E-state index in [1.165, 1.54) is 32.1 Å². The summed E-state index contributed by atoms with van der Waals surface area (Å²) in [5, 5.41) is 22.9. The number of aromatic nitrogens is 1. The van der Waals surface area contributed by atoms with Crippen molar-refractivity contribution in [2.24, 2.45) is 0 Å². The van der Waals surface area contributed by atoms with Gasteiger partial charge in [-0.05, 0) is 25.0 Å². The van der Waals surface area contributed by atoms with E-state index in [2.05, 4.69) is 6.92 Å². The van der Waals surface area contributed by atoms with E-state index in [-0.39, 0.29) is 5.88 Å². The third-order valence-corrected chi connectivity index (χ3v) is 4.01. The Bertz CT molecular complexity index is 581. The van der Waals surface area contributed by atoms with Crippen LogP contribution in [0.3, 0.4) is 0 Å². The fraction of sp³-hybridized carbons (Fsp3) is 0.500. The molecule has 0 bridgehead atoms. The first-order valence-corrected chi connectivity index (χ1v) is 8.07. The lowest BCUT2D eigenvalue weighted by molar-refractivity contribution is -0.586. The number of rotatable bonds is 8.